The third-order valence-corrected chi connectivity index (χ3v) is 0. The van der Waals surface area contributed by atoms with Gasteiger partial charge in [0.05, 0.1) is 0 Å². The van der Waals surface area contributed by atoms with Gasteiger partial charge in [-0.25, -0.2) is 0 Å². The van der Waals surface area contributed by atoms with Gasteiger partial charge in [-0.15, -0.1) is 0 Å². The average Bonchev–Trinajstić information content (AvgIpc) is 1.70. The first-order valence-corrected chi connectivity index (χ1v) is 21.1. The van der Waals surface area contributed by atoms with E-state index < -0.39 is 0 Å². The quantitative estimate of drug-likeness (QED) is 0.242. The standard InChI is InChI=1S/2BrH.2ClH.2HI.4Pd/h6*1H;;;;/q;;;;;;;3*+2/p-6. The molecule has 0 aliphatic rings. The summed E-state index contributed by atoms with van der Waals surface area (Å²) in [7, 11) is 10.5. The SMILES string of the molecule is [Br][Pd][Br].[Cl][Pd][Cl].[I][Pd][I].[Pd]. The molecule has 0 bridgehead atoms. The fourth-order valence-corrected chi connectivity index (χ4v) is 0. The van der Waals surface area contributed by atoms with Crippen LogP contribution in [0.15, 0.2) is 0 Å². The molecule has 0 rings (SSSR count). The molecule has 0 aliphatic heterocycles. The largest absolute Gasteiger partial charge is 0 e. The van der Waals surface area contributed by atoms with E-state index in [2.05, 4.69) is 65.9 Å². The number of hydrogen-bond acceptors (Lipinski definition) is 0. The zero-order valence-corrected chi connectivity index (χ0v) is 18.7. The molecule has 0 aromatic heterocycles. The van der Waals surface area contributed by atoms with E-state index in [1.807, 2.05) is 0 Å². The summed E-state index contributed by atoms with van der Waals surface area (Å²) in [6, 6.07) is 0. The summed E-state index contributed by atoms with van der Waals surface area (Å²) in [6.07, 6.45) is 0. The van der Waals surface area contributed by atoms with Crippen molar-refractivity contribution in [1.29, 1.82) is 0 Å². The molecule has 0 radical (unpaired) electrons. The molecule has 0 heterocycles. The first kappa shape index (κ1) is 24.7. The van der Waals surface area contributed by atoms with Crippen LogP contribution in [0.5, 0.6) is 0 Å². The third-order valence-electron chi connectivity index (χ3n) is 0. The fourth-order valence-electron chi connectivity index (χ4n) is 0. The summed E-state index contributed by atoms with van der Waals surface area (Å²) in [5.74, 6) is 0. The number of hydrogen-bond donors (Lipinski definition) is 0. The molecular weight excluding hydrogens is 910 g/mol. The van der Waals surface area contributed by atoms with Crippen LogP contribution in [0.4, 0.5) is 0 Å². The van der Waals surface area contributed by atoms with E-state index in [-0.39, 0.29) is 36.4 Å². The first-order chi connectivity index (χ1) is 4.24. The van der Waals surface area contributed by atoms with E-state index in [9.17, 15) is 0 Å². The summed E-state index contributed by atoms with van der Waals surface area (Å²) < 4.78 is 0. The molecule has 0 saturated carbocycles. The molecule has 0 aromatic rings. The van der Waals surface area contributed by atoms with Crippen molar-refractivity contribution in [2.45, 2.75) is 0 Å². The number of rotatable bonds is 0. The van der Waals surface area contributed by atoms with Crippen LogP contribution in [0.1, 0.15) is 0 Å². The van der Waals surface area contributed by atoms with Crippen LogP contribution in [0.25, 0.3) is 0 Å². The van der Waals surface area contributed by atoms with Gasteiger partial charge in [-0.3, -0.25) is 0 Å². The van der Waals surface area contributed by atoms with Gasteiger partial charge < -0.3 is 0 Å². The van der Waals surface area contributed by atoms with Gasteiger partial charge in [0.2, 0.25) is 0 Å². The molecule has 0 spiro atoms. The Kier molecular flexibility index (Phi) is 90.3. The molecule has 0 saturated heterocycles. The molecule has 0 aliphatic carbocycles. The Morgan fingerprint density at radius 3 is 1.10 bits per heavy atom. The molecule has 0 aromatic carbocycles. The van der Waals surface area contributed by atoms with Crippen molar-refractivity contribution in [3.63, 3.8) is 0 Å². The molecule has 0 fully saturated rings. The van der Waals surface area contributed by atoms with Gasteiger partial charge in [0.1, 0.15) is 0 Å². The Labute approximate surface area is 142 Å². The second-order valence-electron chi connectivity index (χ2n) is 0.136. The van der Waals surface area contributed by atoms with E-state index in [0.717, 1.165) is 10.8 Å². The van der Waals surface area contributed by atoms with Gasteiger partial charge in [0.15, 0.2) is 0 Å². The molecule has 10 heteroatoms. The second kappa shape index (κ2) is 36.5. The van der Waals surface area contributed by atoms with Crippen molar-refractivity contribution in [1.82, 2.24) is 0 Å². The summed E-state index contributed by atoms with van der Waals surface area (Å²) >= 11 is 11.3. The van der Waals surface area contributed by atoms with Gasteiger partial charge in [-0.1, -0.05) is 0 Å². The van der Waals surface area contributed by atoms with Crippen molar-refractivity contribution in [2.75, 3.05) is 0 Å². The molecular formula is Br2Cl2I2Pd4. The molecule has 82 valence electrons. The molecule has 0 amide bonds. The van der Waals surface area contributed by atoms with Gasteiger partial charge in [-0.05, 0) is 0 Å². The van der Waals surface area contributed by atoms with Gasteiger partial charge >= 0.3 is 126 Å². The predicted octanol–water partition coefficient (Wildman–Crippen LogP) is 4.83. The van der Waals surface area contributed by atoms with Crippen molar-refractivity contribution < 1.29 is 61.1 Å². The smallest absolute Gasteiger partial charge is 0 e. The first-order valence-electron chi connectivity index (χ1n) is 0.717. The van der Waals surface area contributed by atoms with Crippen LogP contribution in [0.3, 0.4) is 0 Å². The topological polar surface area (TPSA) is 0 Å². The van der Waals surface area contributed by atoms with Gasteiger partial charge in [0.25, 0.3) is 0 Å². The third kappa shape index (κ3) is 68.4. The minimum absolute atomic E-state index is 0. The Morgan fingerprint density at radius 2 is 1.10 bits per heavy atom. The maximum atomic E-state index is 4.81. The van der Waals surface area contributed by atoms with Crippen molar-refractivity contribution in [3.8, 4) is 0 Å². The predicted molar refractivity (Wildman–Crippen MR) is 57.6 cm³/mol. The molecule has 0 N–H and O–H groups in total. The minimum Gasteiger partial charge on any atom is 0 e. The van der Waals surface area contributed by atoms with Crippen LogP contribution in [-0.2, 0) is 61.1 Å². The Bertz CT molecular complexity index is 24.0. The van der Waals surface area contributed by atoms with Crippen LogP contribution in [0.2, 0.25) is 0 Å². The van der Waals surface area contributed by atoms with Gasteiger partial charge in [0, 0.05) is 20.4 Å². The molecule has 0 atom stereocenters. The maximum Gasteiger partial charge on any atom is 0 e. The van der Waals surface area contributed by atoms with Crippen LogP contribution in [-0.4, -0.2) is 0 Å². The summed E-state index contributed by atoms with van der Waals surface area (Å²) in [5.41, 5.74) is 0. The summed E-state index contributed by atoms with van der Waals surface area (Å²) in [6.45, 7) is 0. The van der Waals surface area contributed by atoms with Crippen LogP contribution in [0, 0.1) is 0 Å². The van der Waals surface area contributed by atoms with E-state index >= 15 is 0 Å². The maximum absolute atomic E-state index is 4.81. The van der Waals surface area contributed by atoms with E-state index in [1.54, 1.807) is 0 Å². The van der Waals surface area contributed by atoms with Crippen LogP contribution >= 0.6 is 84.9 Å². The second-order valence-corrected chi connectivity index (χ2v) is 21.6. The van der Waals surface area contributed by atoms with E-state index in [1.165, 1.54) is 0 Å². The normalized spacial score (nSPS) is 6.60. The zero-order valence-electron chi connectivity index (χ0n) is 3.53. The number of halogens is 6. The molecule has 0 nitrogen and oxygen atoms in total. The van der Waals surface area contributed by atoms with E-state index in [0.29, 0.717) is 13.9 Å². The monoisotopic (exact) mass is 905 g/mol. The van der Waals surface area contributed by atoms with Crippen molar-refractivity contribution >= 4 is 84.9 Å². The van der Waals surface area contributed by atoms with Crippen molar-refractivity contribution in [3.05, 3.63) is 0 Å². The minimum atomic E-state index is -0.106. The average molecular weight is 910 g/mol. The fraction of sp³-hybridized carbons (Fsp3) is 0. The van der Waals surface area contributed by atoms with Crippen molar-refractivity contribution in [2.24, 2.45) is 0 Å². The molecule has 10 heavy (non-hydrogen) atoms. The Hall–Kier alpha value is 5.65. The molecule has 0 unspecified atom stereocenters. The van der Waals surface area contributed by atoms with Gasteiger partial charge in [-0.2, -0.15) is 0 Å². The van der Waals surface area contributed by atoms with E-state index in [4.69, 9.17) is 19.1 Å². The summed E-state index contributed by atoms with van der Waals surface area (Å²) in [5, 5.41) is 0. The Morgan fingerprint density at radius 1 is 1.10 bits per heavy atom. The summed E-state index contributed by atoms with van der Waals surface area (Å²) in [4.78, 5) is 0. The zero-order chi connectivity index (χ0) is 8.12. The Balaban J connectivity index is -0.0000000257. The van der Waals surface area contributed by atoms with Crippen LogP contribution < -0.4 is 0 Å².